The fourth-order valence-corrected chi connectivity index (χ4v) is 2.24. The molecular formula is C13H17NO3S2. The van der Waals surface area contributed by atoms with E-state index >= 15 is 0 Å². The van der Waals surface area contributed by atoms with Crippen molar-refractivity contribution >= 4 is 34.9 Å². The number of nitrogens with two attached hydrogens (primary N) is 1. The molecule has 0 saturated heterocycles. The Kier molecular flexibility index (Phi) is 7.47. The van der Waals surface area contributed by atoms with Crippen molar-refractivity contribution in [3.05, 3.63) is 35.4 Å². The number of hydrogen-bond acceptors (Lipinski definition) is 5. The number of carbonyl (C=O) groups is 1. The summed E-state index contributed by atoms with van der Waals surface area (Å²) in [6.45, 7) is 0.721. The fourth-order valence-electron chi connectivity index (χ4n) is 1.35. The van der Waals surface area contributed by atoms with Crippen LogP contribution >= 0.6 is 24.0 Å². The van der Waals surface area contributed by atoms with E-state index in [9.17, 15) is 4.79 Å². The number of hydrogen-bond donors (Lipinski definition) is 1. The normalized spacial score (nSPS) is 10.2. The van der Waals surface area contributed by atoms with Gasteiger partial charge in [-0.15, -0.1) is 11.8 Å². The first kappa shape index (κ1) is 15.9. The number of benzene rings is 1. The van der Waals surface area contributed by atoms with Crippen molar-refractivity contribution in [3.63, 3.8) is 0 Å². The SMILES string of the molecule is COCCOC(=O)CSCc1cccc(C(N)=S)c1. The van der Waals surface area contributed by atoms with Crippen molar-refractivity contribution in [1.29, 1.82) is 0 Å². The highest BCUT2D eigenvalue weighted by molar-refractivity contribution is 7.99. The largest absolute Gasteiger partial charge is 0.463 e. The van der Waals surface area contributed by atoms with E-state index in [1.807, 2.05) is 24.3 Å². The molecule has 0 aromatic heterocycles. The molecule has 0 unspecified atom stereocenters. The van der Waals surface area contributed by atoms with Crippen LogP contribution in [0, 0.1) is 0 Å². The Labute approximate surface area is 122 Å². The Morgan fingerprint density at radius 2 is 2.21 bits per heavy atom. The van der Waals surface area contributed by atoms with Crippen LogP contribution in [0.25, 0.3) is 0 Å². The Morgan fingerprint density at radius 1 is 1.42 bits per heavy atom. The molecule has 19 heavy (non-hydrogen) atoms. The Morgan fingerprint density at radius 3 is 2.89 bits per heavy atom. The van der Waals surface area contributed by atoms with Crippen LogP contribution in [0.4, 0.5) is 0 Å². The number of thiocarbonyl (C=S) groups is 1. The Balaban J connectivity index is 2.31. The highest BCUT2D eigenvalue weighted by atomic mass is 32.2. The van der Waals surface area contributed by atoms with Gasteiger partial charge in [-0.1, -0.05) is 30.4 Å². The first-order chi connectivity index (χ1) is 9.13. The van der Waals surface area contributed by atoms with E-state index in [-0.39, 0.29) is 5.97 Å². The minimum Gasteiger partial charge on any atom is -0.463 e. The molecule has 4 nitrogen and oxygen atoms in total. The van der Waals surface area contributed by atoms with Gasteiger partial charge in [-0.25, -0.2) is 0 Å². The fraction of sp³-hybridized carbons (Fsp3) is 0.385. The van der Waals surface area contributed by atoms with Gasteiger partial charge in [0.25, 0.3) is 0 Å². The summed E-state index contributed by atoms with van der Waals surface area (Å²) in [7, 11) is 1.57. The van der Waals surface area contributed by atoms with Crippen LogP contribution in [0.15, 0.2) is 24.3 Å². The van der Waals surface area contributed by atoms with Crippen LogP contribution in [-0.2, 0) is 20.0 Å². The van der Waals surface area contributed by atoms with Crippen LogP contribution in [0.5, 0.6) is 0 Å². The lowest BCUT2D eigenvalue weighted by atomic mass is 10.1. The van der Waals surface area contributed by atoms with Crippen LogP contribution in [-0.4, -0.2) is 37.0 Å². The summed E-state index contributed by atoms with van der Waals surface area (Å²) >= 11 is 6.41. The summed E-state index contributed by atoms with van der Waals surface area (Å²) in [5.41, 5.74) is 7.49. The van der Waals surface area contributed by atoms with E-state index < -0.39 is 0 Å². The minimum atomic E-state index is -0.229. The van der Waals surface area contributed by atoms with Gasteiger partial charge in [-0.2, -0.15) is 0 Å². The predicted molar refractivity (Wildman–Crippen MR) is 81.3 cm³/mol. The summed E-state index contributed by atoms with van der Waals surface area (Å²) in [5.74, 6) is 0.809. The molecule has 0 heterocycles. The molecule has 0 atom stereocenters. The molecule has 0 saturated carbocycles. The number of rotatable bonds is 8. The third-order valence-corrected chi connectivity index (χ3v) is 3.46. The lowest BCUT2D eigenvalue weighted by molar-refractivity contribution is -0.141. The lowest BCUT2D eigenvalue weighted by Crippen LogP contribution is -2.12. The molecule has 0 fully saturated rings. The minimum absolute atomic E-state index is 0.229. The Hall–Kier alpha value is -1.11. The first-order valence-corrected chi connectivity index (χ1v) is 7.31. The van der Waals surface area contributed by atoms with Gasteiger partial charge in [0.2, 0.25) is 0 Å². The molecule has 0 aliphatic rings. The third-order valence-electron chi connectivity index (χ3n) is 2.25. The molecular weight excluding hydrogens is 282 g/mol. The van der Waals surface area contributed by atoms with Crippen molar-refractivity contribution in [3.8, 4) is 0 Å². The van der Waals surface area contributed by atoms with Gasteiger partial charge in [0.1, 0.15) is 11.6 Å². The molecule has 0 bridgehead atoms. The van der Waals surface area contributed by atoms with E-state index in [1.54, 1.807) is 7.11 Å². The van der Waals surface area contributed by atoms with E-state index in [4.69, 9.17) is 27.4 Å². The van der Waals surface area contributed by atoms with Gasteiger partial charge in [0, 0.05) is 18.4 Å². The Bertz CT molecular complexity index is 438. The second-order valence-electron chi connectivity index (χ2n) is 3.77. The van der Waals surface area contributed by atoms with Crippen LogP contribution in [0.2, 0.25) is 0 Å². The summed E-state index contributed by atoms with van der Waals surface area (Å²) in [4.78, 5) is 11.7. The molecule has 1 aromatic carbocycles. The third kappa shape index (κ3) is 6.56. The molecule has 0 spiro atoms. The highest BCUT2D eigenvalue weighted by Crippen LogP contribution is 2.14. The zero-order valence-electron chi connectivity index (χ0n) is 10.8. The molecule has 0 aliphatic carbocycles. The second-order valence-corrected chi connectivity index (χ2v) is 5.20. The molecule has 0 amide bonds. The van der Waals surface area contributed by atoms with Gasteiger partial charge in [-0.05, 0) is 11.6 Å². The summed E-state index contributed by atoms with van der Waals surface area (Å²) in [6.07, 6.45) is 0. The average molecular weight is 299 g/mol. The highest BCUT2D eigenvalue weighted by Gasteiger charge is 2.04. The average Bonchev–Trinajstić information content (AvgIpc) is 2.39. The summed E-state index contributed by atoms with van der Waals surface area (Å²) in [6, 6.07) is 7.69. The number of carbonyl (C=O) groups excluding carboxylic acids is 1. The number of esters is 1. The number of ether oxygens (including phenoxy) is 2. The van der Waals surface area contributed by atoms with Gasteiger partial charge >= 0.3 is 5.97 Å². The number of thioether (sulfide) groups is 1. The topological polar surface area (TPSA) is 61.5 Å². The zero-order valence-corrected chi connectivity index (χ0v) is 12.4. The smallest absolute Gasteiger partial charge is 0.315 e. The van der Waals surface area contributed by atoms with Gasteiger partial charge in [0.05, 0.1) is 12.4 Å². The van der Waals surface area contributed by atoms with Crippen molar-refractivity contribution < 1.29 is 14.3 Å². The van der Waals surface area contributed by atoms with E-state index in [1.165, 1.54) is 11.8 Å². The molecule has 2 N–H and O–H groups in total. The van der Waals surface area contributed by atoms with Crippen molar-refractivity contribution in [2.24, 2.45) is 5.73 Å². The summed E-state index contributed by atoms with van der Waals surface area (Å²) in [5, 5.41) is 0. The second kappa shape index (κ2) is 8.90. The van der Waals surface area contributed by atoms with Crippen molar-refractivity contribution in [2.75, 3.05) is 26.1 Å². The predicted octanol–water partition coefficient (Wildman–Crippen LogP) is 1.74. The molecule has 1 rings (SSSR count). The van der Waals surface area contributed by atoms with Crippen molar-refractivity contribution in [1.82, 2.24) is 0 Å². The molecule has 1 aromatic rings. The monoisotopic (exact) mass is 299 g/mol. The van der Waals surface area contributed by atoms with Gasteiger partial charge in [0.15, 0.2) is 0 Å². The first-order valence-electron chi connectivity index (χ1n) is 5.74. The van der Waals surface area contributed by atoms with Crippen LogP contribution in [0.1, 0.15) is 11.1 Å². The maximum absolute atomic E-state index is 11.3. The zero-order chi connectivity index (χ0) is 14.1. The van der Waals surface area contributed by atoms with Crippen LogP contribution < -0.4 is 5.73 Å². The molecule has 6 heteroatoms. The van der Waals surface area contributed by atoms with E-state index in [2.05, 4.69) is 0 Å². The number of methoxy groups -OCH3 is 1. The maximum Gasteiger partial charge on any atom is 0.315 e. The lowest BCUT2D eigenvalue weighted by Gasteiger charge is -2.05. The molecule has 0 radical (unpaired) electrons. The molecule has 104 valence electrons. The molecule has 0 aliphatic heterocycles. The standard InChI is InChI=1S/C13H17NO3S2/c1-16-5-6-17-12(15)9-19-8-10-3-2-4-11(7-10)13(14)18/h2-4,7H,5-6,8-9H2,1H3,(H2,14,18). The van der Waals surface area contributed by atoms with Crippen LogP contribution in [0.3, 0.4) is 0 Å². The van der Waals surface area contributed by atoms with Gasteiger partial charge < -0.3 is 15.2 Å². The van der Waals surface area contributed by atoms with Gasteiger partial charge in [-0.3, -0.25) is 4.79 Å². The van der Waals surface area contributed by atoms with E-state index in [0.717, 1.165) is 16.9 Å². The quantitative estimate of drug-likeness (QED) is 0.448. The maximum atomic E-state index is 11.3. The van der Waals surface area contributed by atoms with Crippen molar-refractivity contribution in [2.45, 2.75) is 5.75 Å². The summed E-state index contributed by atoms with van der Waals surface area (Å²) < 4.78 is 9.75. The van der Waals surface area contributed by atoms with E-state index in [0.29, 0.717) is 24.0 Å².